The van der Waals surface area contributed by atoms with Crippen LogP contribution in [0.3, 0.4) is 0 Å². The molecule has 6 unspecified atom stereocenters. The average Bonchev–Trinajstić information content (AvgIpc) is 3.19. The topological polar surface area (TPSA) is 103 Å². The number of ether oxygens (including phenoxy) is 2. The average molecular weight is 603 g/mol. The number of phenolic OH excluding ortho intramolecular Hbond substituents is 1. The number of esters is 1. The third-order valence-electron chi connectivity index (χ3n) is 11.7. The van der Waals surface area contributed by atoms with Crippen LogP contribution in [0.25, 0.3) is 11.0 Å². The Morgan fingerprint density at radius 1 is 1.05 bits per heavy atom. The second-order valence-electron chi connectivity index (χ2n) is 14.3. The molecule has 1 N–H and O–H groups in total. The molecule has 44 heavy (non-hydrogen) atoms. The monoisotopic (exact) mass is 602 g/mol. The molecule has 3 fully saturated rings. The first kappa shape index (κ1) is 30.7. The molecular weight excluding hydrogens is 556 g/mol. The van der Waals surface area contributed by atoms with Crippen molar-refractivity contribution in [2.24, 2.45) is 28.6 Å². The van der Waals surface area contributed by atoms with E-state index in [9.17, 15) is 19.5 Å². The van der Waals surface area contributed by atoms with E-state index in [2.05, 4.69) is 13.8 Å². The smallest absolute Gasteiger partial charge is 0.305 e. The van der Waals surface area contributed by atoms with E-state index in [0.29, 0.717) is 59.7 Å². The maximum absolute atomic E-state index is 12.0. The Balaban J connectivity index is 0.000000162. The molecule has 7 nitrogen and oxygen atoms in total. The van der Waals surface area contributed by atoms with Crippen LogP contribution in [0.15, 0.2) is 44.6 Å². The van der Waals surface area contributed by atoms with Gasteiger partial charge in [0.1, 0.15) is 40.9 Å². The lowest BCUT2D eigenvalue weighted by molar-refractivity contribution is -0.159. The van der Waals surface area contributed by atoms with Crippen molar-refractivity contribution < 1.29 is 28.6 Å². The van der Waals surface area contributed by atoms with Gasteiger partial charge in [0.2, 0.25) is 0 Å². The molecule has 0 bridgehead atoms. The van der Waals surface area contributed by atoms with Crippen molar-refractivity contribution in [3.8, 4) is 11.5 Å². The molecule has 0 amide bonds. The minimum absolute atomic E-state index is 0.0350. The lowest BCUT2D eigenvalue weighted by atomic mass is 9.47. The van der Waals surface area contributed by atoms with Gasteiger partial charge in [-0.3, -0.25) is 14.4 Å². The number of aromatic hydroxyl groups is 1. The number of hydrogen-bond donors (Lipinski definition) is 1. The van der Waals surface area contributed by atoms with E-state index < -0.39 is 0 Å². The fourth-order valence-electron chi connectivity index (χ4n) is 9.24. The Hall–Kier alpha value is -3.35. The molecule has 0 spiro atoms. The van der Waals surface area contributed by atoms with Crippen molar-refractivity contribution in [1.29, 1.82) is 0 Å². The zero-order valence-electron chi connectivity index (χ0n) is 26.8. The number of aryl methyl sites for hydroxylation is 1. The highest BCUT2D eigenvalue weighted by molar-refractivity contribution is 5.91. The van der Waals surface area contributed by atoms with E-state index in [1.165, 1.54) is 30.9 Å². The predicted octanol–water partition coefficient (Wildman–Crippen LogP) is 7.53. The molecule has 6 atom stereocenters. The van der Waals surface area contributed by atoms with Crippen LogP contribution in [0.5, 0.6) is 11.5 Å². The Labute approximate surface area is 259 Å². The largest absolute Gasteiger partial charge is 0.507 e. The Morgan fingerprint density at radius 3 is 2.61 bits per heavy atom. The number of rotatable bonds is 2. The summed E-state index contributed by atoms with van der Waals surface area (Å²) in [6, 6.07) is 3.07. The van der Waals surface area contributed by atoms with Gasteiger partial charge in [0.05, 0.1) is 0 Å². The van der Waals surface area contributed by atoms with Gasteiger partial charge >= 0.3 is 5.97 Å². The highest BCUT2D eigenvalue weighted by Crippen LogP contribution is 2.65. The summed E-state index contributed by atoms with van der Waals surface area (Å²) in [6.45, 7) is 10.8. The second-order valence-corrected chi connectivity index (χ2v) is 14.3. The maximum Gasteiger partial charge on any atom is 0.305 e. The fourth-order valence-corrected chi connectivity index (χ4v) is 9.24. The summed E-state index contributed by atoms with van der Waals surface area (Å²) >= 11 is 0. The molecule has 2 aromatic rings. The molecule has 2 heterocycles. The highest BCUT2D eigenvalue weighted by Gasteiger charge is 2.59. The number of allylic oxidation sites excluding steroid dienone is 2. The Bertz CT molecular complexity index is 1610. The first-order chi connectivity index (χ1) is 20.9. The van der Waals surface area contributed by atoms with E-state index in [1.807, 2.05) is 26.0 Å². The maximum atomic E-state index is 12.0. The number of phenols is 1. The Morgan fingerprint density at radius 2 is 1.84 bits per heavy atom. The third kappa shape index (κ3) is 5.20. The second kappa shape index (κ2) is 11.5. The summed E-state index contributed by atoms with van der Waals surface area (Å²) in [5.41, 5.74) is 3.69. The van der Waals surface area contributed by atoms with Gasteiger partial charge < -0.3 is 19.0 Å². The van der Waals surface area contributed by atoms with Gasteiger partial charge in [0.15, 0.2) is 11.2 Å². The van der Waals surface area contributed by atoms with Crippen molar-refractivity contribution in [3.63, 3.8) is 0 Å². The van der Waals surface area contributed by atoms with Crippen LogP contribution >= 0.6 is 0 Å². The number of carbonyl (C=O) groups is 2. The first-order valence-corrected chi connectivity index (χ1v) is 16.5. The lowest BCUT2D eigenvalue weighted by Gasteiger charge is -2.57. The highest BCUT2D eigenvalue weighted by atomic mass is 16.5. The summed E-state index contributed by atoms with van der Waals surface area (Å²) in [6.07, 6.45) is 13.8. The molecule has 0 radical (unpaired) electrons. The number of hydrogen-bond acceptors (Lipinski definition) is 7. The molecule has 4 aliphatic carbocycles. The van der Waals surface area contributed by atoms with Crippen LogP contribution in [0.1, 0.15) is 96.8 Å². The SMILES string of the molecule is CC1=CCc2c(cc3oc(C)cc(=O)c3c2O)OC1.CCC(=O)OC1CCC2C3CCC4=CC(=O)CCC4(C)C3CCC12C. The summed E-state index contributed by atoms with van der Waals surface area (Å²) < 4.78 is 17.0. The molecule has 7 rings (SSSR count). The van der Waals surface area contributed by atoms with Crippen molar-refractivity contribution in [2.45, 2.75) is 105 Å². The van der Waals surface area contributed by atoms with Gasteiger partial charge in [-0.05, 0) is 100 Å². The van der Waals surface area contributed by atoms with Crippen LogP contribution in [-0.4, -0.2) is 29.6 Å². The van der Waals surface area contributed by atoms with Gasteiger partial charge in [-0.15, -0.1) is 0 Å². The minimum atomic E-state index is -0.232. The molecule has 7 heteroatoms. The van der Waals surface area contributed by atoms with Gasteiger partial charge in [0.25, 0.3) is 0 Å². The van der Waals surface area contributed by atoms with Crippen LogP contribution in [0.2, 0.25) is 0 Å². The zero-order chi connectivity index (χ0) is 31.4. The number of ketones is 1. The van der Waals surface area contributed by atoms with E-state index >= 15 is 0 Å². The quantitative estimate of drug-likeness (QED) is 0.280. The van der Waals surface area contributed by atoms with Crippen molar-refractivity contribution in [1.82, 2.24) is 0 Å². The standard InChI is InChI=1S/C22H32O3.C15H14O4/c1-4-20(24)25-19-8-7-17-16-6-5-14-13-15(23)9-11-21(14,2)18(16)10-12-22(17,19)3;1-8-3-4-10-12(18-7-8)6-13-14(15(10)17)11(16)5-9(2)19-13/h13,16-19H,4-12H2,1-3H3;3,5-6,17H,4,7H2,1-2H3. The third-order valence-corrected chi connectivity index (χ3v) is 11.7. The normalized spacial score (nSPS) is 32.3. The van der Waals surface area contributed by atoms with Crippen molar-refractivity contribution >= 4 is 22.7 Å². The van der Waals surface area contributed by atoms with Crippen LogP contribution in [0, 0.1) is 35.5 Å². The molecule has 3 saturated carbocycles. The fraction of sp³-hybridized carbons (Fsp3) is 0.595. The molecule has 0 saturated heterocycles. The van der Waals surface area contributed by atoms with Crippen LogP contribution in [0.4, 0.5) is 0 Å². The summed E-state index contributed by atoms with van der Waals surface area (Å²) in [4.78, 5) is 35.8. The Kier molecular flexibility index (Phi) is 8.04. The number of carbonyl (C=O) groups excluding carboxylic acids is 2. The van der Waals surface area contributed by atoms with Gasteiger partial charge in [-0.1, -0.05) is 32.4 Å². The van der Waals surface area contributed by atoms with E-state index in [-0.39, 0.29) is 39.5 Å². The minimum Gasteiger partial charge on any atom is -0.507 e. The summed E-state index contributed by atoms with van der Waals surface area (Å²) in [5.74, 6) is 3.47. The molecule has 1 aromatic heterocycles. The summed E-state index contributed by atoms with van der Waals surface area (Å²) in [7, 11) is 0. The number of fused-ring (bicyclic) bond motifs is 7. The van der Waals surface area contributed by atoms with E-state index in [4.69, 9.17) is 13.9 Å². The van der Waals surface area contributed by atoms with Crippen LogP contribution < -0.4 is 10.2 Å². The predicted molar refractivity (Wildman–Crippen MR) is 169 cm³/mol. The molecular formula is C37H46O7. The molecule has 236 valence electrons. The van der Waals surface area contributed by atoms with Gasteiger partial charge in [-0.2, -0.15) is 0 Å². The molecule has 1 aliphatic heterocycles. The van der Waals surface area contributed by atoms with Crippen LogP contribution in [-0.2, 0) is 20.7 Å². The van der Waals surface area contributed by atoms with E-state index in [1.54, 1.807) is 13.0 Å². The van der Waals surface area contributed by atoms with Gasteiger partial charge in [0, 0.05) is 36.0 Å². The first-order valence-electron chi connectivity index (χ1n) is 16.5. The van der Waals surface area contributed by atoms with E-state index in [0.717, 1.165) is 43.6 Å². The molecule has 5 aliphatic rings. The lowest BCUT2D eigenvalue weighted by Crippen LogP contribution is -2.51. The number of benzene rings is 1. The van der Waals surface area contributed by atoms with Crippen molar-refractivity contribution in [3.05, 3.63) is 57.0 Å². The van der Waals surface area contributed by atoms with Crippen molar-refractivity contribution in [2.75, 3.05) is 6.61 Å². The van der Waals surface area contributed by atoms with Gasteiger partial charge in [-0.25, -0.2) is 0 Å². The summed E-state index contributed by atoms with van der Waals surface area (Å²) in [5, 5.41) is 10.5. The zero-order valence-corrected chi connectivity index (χ0v) is 26.8. The molecule has 1 aromatic carbocycles.